The number of ether oxygens (including phenoxy) is 4. The smallest absolute Gasteiger partial charge is 0.323 e. The van der Waals surface area contributed by atoms with E-state index in [1.54, 1.807) is 49.1 Å². The standard InChI is InChI=1S/C58H86N12O21S/c1-5-45(65-49(72)35-70(38-52(77)78)19-18-68(36-50(73)74)16-17-69(20-24-91-84)37-51(75)76)56(81)60-13-8-22-88-26-28-89-27-25-87-21-7-12-59-48(71)9-6-23-90-42-29-39(2)54(40(3)30-42)92(85,86)66-46(57(82)83)33-63-55(80)44-34-67(4)47-31-41(10-11-43(47)53(44)79)32-64-58-61-14-15-62-58/h10-11,14-15,29-31,34,45-46,66,84H,5-9,12-13,16-28,32-33,35-38H2,1-4H3,(H,59,71)(H,60,81)(H,63,80)(H,65,72)(H,73,74)(H,75,76)(H,77,78)(H,82,83)(H2,61,62,64). The summed E-state index contributed by atoms with van der Waals surface area (Å²) in [7, 11) is -2.82. The highest BCUT2D eigenvalue weighted by Gasteiger charge is 2.30. The van der Waals surface area contributed by atoms with E-state index >= 15 is 0 Å². The minimum Gasteiger partial charge on any atom is -0.494 e. The molecule has 2 unspecified atom stereocenters. The molecule has 92 heavy (non-hydrogen) atoms. The number of carbonyl (C=O) groups excluding carboxylic acids is 4. The second kappa shape index (κ2) is 40.6. The zero-order valence-corrected chi connectivity index (χ0v) is 52.9. The Morgan fingerprint density at radius 1 is 0.696 bits per heavy atom. The number of carboxylic acid groups (broad SMARTS) is 4. The number of nitrogens with one attached hydrogen (secondary N) is 7. The first-order valence-electron chi connectivity index (χ1n) is 29.7. The highest BCUT2D eigenvalue weighted by molar-refractivity contribution is 7.89. The predicted octanol–water partition coefficient (Wildman–Crippen LogP) is -0.582. The number of anilines is 1. The van der Waals surface area contributed by atoms with E-state index in [1.165, 1.54) is 46.9 Å². The van der Waals surface area contributed by atoms with Gasteiger partial charge in [-0.1, -0.05) is 13.0 Å². The quantitative estimate of drug-likeness (QED) is 0.0149. The number of sulfonamides is 1. The van der Waals surface area contributed by atoms with Gasteiger partial charge < -0.3 is 75.5 Å². The van der Waals surface area contributed by atoms with Crippen molar-refractivity contribution in [1.29, 1.82) is 0 Å². The summed E-state index contributed by atoms with van der Waals surface area (Å²) in [6, 6.07) is 5.34. The molecule has 0 aliphatic rings. The zero-order valence-electron chi connectivity index (χ0n) is 52.1. The average molecular weight is 1320 g/mol. The molecule has 34 heteroatoms. The maximum Gasteiger partial charge on any atom is 0.323 e. The van der Waals surface area contributed by atoms with Gasteiger partial charge in [0.05, 0.1) is 76.2 Å². The molecule has 0 aliphatic carbocycles. The summed E-state index contributed by atoms with van der Waals surface area (Å²) in [6.45, 7) is 5.30. The molecule has 12 N–H and O–H groups in total. The summed E-state index contributed by atoms with van der Waals surface area (Å²) in [6.07, 6.45) is 6.35. The van der Waals surface area contributed by atoms with Gasteiger partial charge in [0, 0.05) is 110 Å². The van der Waals surface area contributed by atoms with Crippen molar-refractivity contribution in [3.05, 3.63) is 81.4 Å². The molecule has 4 aromatic rings. The Hall–Kier alpha value is -8.19. The Labute approximate surface area is 531 Å². The van der Waals surface area contributed by atoms with Crippen molar-refractivity contribution >= 4 is 74.4 Å². The van der Waals surface area contributed by atoms with Crippen molar-refractivity contribution in [2.75, 3.05) is 137 Å². The van der Waals surface area contributed by atoms with Crippen molar-refractivity contribution < 1.29 is 96.3 Å². The highest BCUT2D eigenvalue weighted by atomic mass is 32.2. The molecule has 0 saturated heterocycles. The Morgan fingerprint density at radius 3 is 1.86 bits per heavy atom. The monoisotopic (exact) mass is 1320 g/mol. The van der Waals surface area contributed by atoms with Crippen LogP contribution in [0, 0.1) is 13.8 Å². The number of fused-ring (bicyclic) bond motifs is 1. The topological polar surface area (TPSA) is 451 Å². The molecule has 33 nitrogen and oxygen atoms in total. The Balaban J connectivity index is 1.04. The first-order valence-corrected chi connectivity index (χ1v) is 31.2. The lowest BCUT2D eigenvalue weighted by molar-refractivity contribution is -0.244. The lowest BCUT2D eigenvalue weighted by Crippen LogP contribution is -2.51. The molecule has 2 atom stereocenters. The van der Waals surface area contributed by atoms with Gasteiger partial charge in [-0.15, -0.1) is 0 Å². The number of amides is 4. The summed E-state index contributed by atoms with van der Waals surface area (Å²) in [5, 5.41) is 60.6. The largest absolute Gasteiger partial charge is 0.494 e. The number of hydrogen-bond acceptors (Lipinski definition) is 22. The number of pyridine rings is 1. The van der Waals surface area contributed by atoms with E-state index in [0.717, 1.165) is 5.56 Å². The number of aromatic amines is 1. The zero-order chi connectivity index (χ0) is 67.6. The Kier molecular flexibility index (Phi) is 33.7. The summed E-state index contributed by atoms with van der Waals surface area (Å²) in [5.74, 6) is -6.39. The van der Waals surface area contributed by atoms with Crippen molar-refractivity contribution in [2.45, 2.75) is 76.4 Å². The number of aliphatic carboxylic acids is 4. The van der Waals surface area contributed by atoms with Crippen LogP contribution < -0.4 is 41.5 Å². The summed E-state index contributed by atoms with van der Waals surface area (Å²) in [4.78, 5) is 127. The Bertz CT molecular complexity index is 3200. The number of imidazole rings is 1. The summed E-state index contributed by atoms with van der Waals surface area (Å²) < 4.78 is 53.5. The van der Waals surface area contributed by atoms with Gasteiger partial charge in [-0.25, -0.2) is 18.3 Å². The van der Waals surface area contributed by atoms with E-state index in [1.807, 2.05) is 0 Å². The number of H-pyrrole nitrogens is 1. The maximum atomic E-state index is 13.6. The number of carboxylic acids is 4. The first kappa shape index (κ1) is 76.3. The molecular weight excluding hydrogens is 1230 g/mol. The van der Waals surface area contributed by atoms with Gasteiger partial charge >= 0.3 is 23.9 Å². The average Bonchev–Trinajstić information content (AvgIpc) is 0.856. The molecule has 0 fully saturated rings. The minimum atomic E-state index is -4.47. The number of nitrogens with zero attached hydrogens (tertiary/aromatic N) is 5. The van der Waals surface area contributed by atoms with Gasteiger partial charge in [0.2, 0.25) is 33.2 Å². The van der Waals surface area contributed by atoms with Crippen LogP contribution in [0.3, 0.4) is 0 Å². The highest BCUT2D eigenvalue weighted by Crippen LogP contribution is 2.26. The van der Waals surface area contributed by atoms with Gasteiger partial charge in [0.15, 0.2) is 5.95 Å². The van der Waals surface area contributed by atoms with Crippen molar-refractivity contribution in [1.82, 2.24) is 55.2 Å². The maximum absolute atomic E-state index is 13.6. The fourth-order valence-corrected chi connectivity index (χ4v) is 10.9. The molecule has 4 amide bonds. The van der Waals surface area contributed by atoms with Crippen molar-refractivity contribution in [3.63, 3.8) is 0 Å². The summed E-state index contributed by atoms with van der Waals surface area (Å²) in [5.41, 5.74) is 1.04. The molecular formula is C58H86N12O21S. The molecule has 2 aromatic heterocycles. The SMILES string of the molecule is CCC(NC(=O)CN(CCN(CCN(CCOO)CC(=O)O)CC(=O)O)CC(=O)O)C(=O)NCCCOCCOCCOCCCNC(=O)CCCOc1cc(C)c(S(=O)(=O)NC(CNC(=O)c2cn(C)c3cc(CNc4ncc[nH]4)ccc3c2=O)C(=O)O)c(C)c1. The van der Waals surface area contributed by atoms with E-state index in [4.69, 9.17) is 24.2 Å². The number of rotatable bonds is 49. The van der Waals surface area contributed by atoms with E-state index in [-0.39, 0.29) is 105 Å². The molecule has 4 rings (SSSR count). The van der Waals surface area contributed by atoms with E-state index < -0.39 is 102 Å². The van der Waals surface area contributed by atoms with Crippen LogP contribution in [0.2, 0.25) is 0 Å². The molecule has 510 valence electrons. The lowest BCUT2D eigenvalue weighted by Gasteiger charge is -2.28. The van der Waals surface area contributed by atoms with Crippen LogP contribution >= 0.6 is 0 Å². The number of hydrogen-bond donors (Lipinski definition) is 12. The fraction of sp³-hybridized carbons (Fsp3) is 0.552. The fourth-order valence-electron chi connectivity index (χ4n) is 9.30. The molecule has 0 radical (unpaired) electrons. The summed E-state index contributed by atoms with van der Waals surface area (Å²) >= 11 is 0. The molecule has 2 aromatic carbocycles. The normalized spacial score (nSPS) is 12.2. The van der Waals surface area contributed by atoms with Gasteiger partial charge in [-0.2, -0.15) is 4.72 Å². The van der Waals surface area contributed by atoms with E-state index in [2.05, 4.69) is 46.2 Å². The predicted molar refractivity (Wildman–Crippen MR) is 331 cm³/mol. The molecule has 0 saturated carbocycles. The van der Waals surface area contributed by atoms with Crippen LogP contribution in [0.15, 0.2) is 58.6 Å². The first-order chi connectivity index (χ1) is 43.9. The van der Waals surface area contributed by atoms with Gasteiger partial charge in [-0.3, -0.25) is 63.1 Å². The molecule has 0 aliphatic heterocycles. The number of aryl methyl sites for hydroxylation is 3. The van der Waals surface area contributed by atoms with Crippen LogP contribution in [0.5, 0.6) is 5.75 Å². The van der Waals surface area contributed by atoms with Crippen LogP contribution in [0.1, 0.15) is 66.1 Å². The number of carbonyl (C=O) groups is 8. The van der Waals surface area contributed by atoms with Crippen LogP contribution in [0.4, 0.5) is 5.95 Å². The third kappa shape index (κ3) is 28.1. The van der Waals surface area contributed by atoms with Crippen molar-refractivity contribution in [2.24, 2.45) is 7.05 Å². The van der Waals surface area contributed by atoms with Crippen LogP contribution in [0.25, 0.3) is 10.9 Å². The van der Waals surface area contributed by atoms with E-state index in [0.29, 0.717) is 82.6 Å². The number of aromatic nitrogens is 3. The van der Waals surface area contributed by atoms with Gasteiger partial charge in [0.1, 0.15) is 23.4 Å². The van der Waals surface area contributed by atoms with Crippen LogP contribution in [-0.4, -0.2) is 254 Å². The lowest BCUT2D eigenvalue weighted by atomic mass is 10.1. The molecule has 0 spiro atoms. The Morgan fingerprint density at radius 2 is 1.28 bits per heavy atom. The molecule has 0 bridgehead atoms. The molecule has 2 heterocycles. The second-order valence-electron chi connectivity index (χ2n) is 21.2. The number of benzene rings is 2. The third-order valence-corrected chi connectivity index (χ3v) is 15.6. The van der Waals surface area contributed by atoms with E-state index in [9.17, 15) is 72.0 Å². The van der Waals surface area contributed by atoms with Gasteiger partial charge in [0.25, 0.3) is 5.91 Å². The second-order valence-corrected chi connectivity index (χ2v) is 22.8. The van der Waals surface area contributed by atoms with Crippen LogP contribution in [-0.2, 0) is 76.3 Å². The van der Waals surface area contributed by atoms with Crippen molar-refractivity contribution in [3.8, 4) is 5.75 Å². The van der Waals surface area contributed by atoms with Gasteiger partial charge in [-0.05, 0) is 80.5 Å². The minimum absolute atomic E-state index is 0.0146. The third-order valence-electron chi connectivity index (χ3n) is 13.8.